The minimum atomic E-state index is -3.22. The molecule has 0 unspecified atom stereocenters. The summed E-state index contributed by atoms with van der Waals surface area (Å²) >= 11 is 0. The Hall–Kier alpha value is -1.70. The van der Waals surface area contributed by atoms with Crippen LogP contribution in [0, 0.1) is 18.8 Å². The fraction of sp³-hybridized carbons (Fsp3) is 0.722. The van der Waals surface area contributed by atoms with Crippen LogP contribution < -0.4 is 4.74 Å². The van der Waals surface area contributed by atoms with Gasteiger partial charge < -0.3 is 9.64 Å². The Labute approximate surface area is 155 Å². The Balaban J connectivity index is 1.64. The topological polar surface area (TPSA) is 89.5 Å². The molecule has 0 aromatic carbocycles. The summed E-state index contributed by atoms with van der Waals surface area (Å²) in [5, 5.41) is 0. The van der Waals surface area contributed by atoms with Crippen LogP contribution in [0.15, 0.2) is 12.3 Å². The lowest BCUT2D eigenvalue weighted by Gasteiger charge is -2.49. The van der Waals surface area contributed by atoms with E-state index >= 15 is 0 Å². The molecule has 3 heterocycles. The highest BCUT2D eigenvalue weighted by Gasteiger charge is 2.62. The van der Waals surface area contributed by atoms with Gasteiger partial charge in [0.15, 0.2) is 9.84 Å². The zero-order valence-corrected chi connectivity index (χ0v) is 16.5. The predicted octanol–water partition coefficient (Wildman–Crippen LogP) is 1.62. The maximum absolute atomic E-state index is 12.7. The van der Waals surface area contributed by atoms with E-state index in [-0.39, 0.29) is 43.3 Å². The van der Waals surface area contributed by atoms with Gasteiger partial charge in [0.05, 0.1) is 12.4 Å². The maximum Gasteiger partial charge on any atom is 0.316 e. The van der Waals surface area contributed by atoms with Gasteiger partial charge in [-0.15, -0.1) is 0 Å². The van der Waals surface area contributed by atoms with Gasteiger partial charge in [-0.05, 0) is 31.7 Å². The Bertz CT molecular complexity index is 772. The summed E-state index contributed by atoms with van der Waals surface area (Å²) in [5.41, 5.74) is 0.800. The first-order valence-corrected chi connectivity index (χ1v) is 10.8. The summed E-state index contributed by atoms with van der Waals surface area (Å²) in [6, 6.07) is 2.05. The molecule has 8 heteroatoms. The van der Waals surface area contributed by atoms with Crippen LogP contribution in [0.5, 0.6) is 6.01 Å². The summed E-state index contributed by atoms with van der Waals surface area (Å²) in [5.74, 6) is 0.530. The average Bonchev–Trinajstić information content (AvgIpc) is 2.80. The van der Waals surface area contributed by atoms with Crippen molar-refractivity contribution in [2.75, 3.05) is 25.4 Å². The molecule has 1 aromatic rings. The minimum Gasteiger partial charge on any atom is -0.463 e. The first-order chi connectivity index (χ1) is 12.2. The standard InChI is InChI=1S/C18H27N3O4S/c1-13(2)4-5-16(22)21-11-18(12-21)15(7-9-26(18,23)24)10-25-17-19-8-6-14(3)20-17/h6,8,13,15H,4-5,7,9-12H2,1-3H3/t15-/m1/s1. The number of aryl methyl sites for hydroxylation is 1. The van der Waals surface area contributed by atoms with Gasteiger partial charge >= 0.3 is 6.01 Å². The average molecular weight is 381 g/mol. The van der Waals surface area contributed by atoms with E-state index in [2.05, 4.69) is 23.8 Å². The number of carbonyl (C=O) groups is 1. The number of hydrogen-bond donors (Lipinski definition) is 0. The van der Waals surface area contributed by atoms with Crippen molar-refractivity contribution in [1.82, 2.24) is 14.9 Å². The molecule has 3 rings (SSSR count). The molecular weight excluding hydrogens is 354 g/mol. The van der Waals surface area contributed by atoms with Crippen LogP contribution in [-0.2, 0) is 14.6 Å². The smallest absolute Gasteiger partial charge is 0.316 e. The van der Waals surface area contributed by atoms with Gasteiger partial charge in [-0.25, -0.2) is 18.4 Å². The van der Waals surface area contributed by atoms with Crippen LogP contribution in [0.1, 0.15) is 38.8 Å². The zero-order valence-electron chi connectivity index (χ0n) is 15.6. The highest BCUT2D eigenvalue weighted by molar-refractivity contribution is 7.93. The van der Waals surface area contributed by atoms with Crippen LogP contribution >= 0.6 is 0 Å². The summed E-state index contributed by atoms with van der Waals surface area (Å²) in [6.45, 7) is 6.84. The van der Waals surface area contributed by atoms with Crippen LogP contribution in [0.4, 0.5) is 0 Å². The quantitative estimate of drug-likeness (QED) is 0.744. The first-order valence-electron chi connectivity index (χ1n) is 9.16. The lowest BCUT2D eigenvalue weighted by atomic mass is 9.83. The number of ether oxygens (including phenoxy) is 1. The monoisotopic (exact) mass is 381 g/mol. The first kappa shape index (κ1) is 19.1. The third-order valence-corrected chi connectivity index (χ3v) is 8.09. The Morgan fingerprint density at radius 3 is 2.81 bits per heavy atom. The molecule has 0 saturated carbocycles. The second-order valence-corrected chi connectivity index (χ2v) is 10.3. The van der Waals surface area contributed by atoms with Crippen molar-refractivity contribution in [3.8, 4) is 6.01 Å². The van der Waals surface area contributed by atoms with Gasteiger partial charge in [-0.3, -0.25) is 4.79 Å². The van der Waals surface area contributed by atoms with E-state index in [1.807, 2.05) is 6.92 Å². The number of carbonyl (C=O) groups excluding carboxylic acids is 1. The van der Waals surface area contributed by atoms with E-state index in [9.17, 15) is 13.2 Å². The zero-order chi connectivity index (χ0) is 18.9. The number of sulfone groups is 1. The minimum absolute atomic E-state index is 0.0492. The van der Waals surface area contributed by atoms with Crippen molar-refractivity contribution in [3.05, 3.63) is 18.0 Å². The van der Waals surface area contributed by atoms with Crippen LogP contribution in [0.3, 0.4) is 0 Å². The molecule has 1 aromatic heterocycles. The molecule has 0 N–H and O–H groups in total. The summed E-state index contributed by atoms with van der Waals surface area (Å²) in [6.07, 6.45) is 3.48. The van der Waals surface area contributed by atoms with E-state index in [4.69, 9.17) is 4.74 Å². The molecule has 1 spiro atoms. The number of rotatable bonds is 6. The molecule has 2 saturated heterocycles. The second-order valence-electron chi connectivity index (χ2n) is 7.84. The molecule has 2 aliphatic rings. The van der Waals surface area contributed by atoms with E-state index in [0.717, 1.165) is 12.1 Å². The highest BCUT2D eigenvalue weighted by Crippen LogP contribution is 2.45. The Morgan fingerprint density at radius 1 is 1.42 bits per heavy atom. The van der Waals surface area contributed by atoms with Gasteiger partial charge in [-0.1, -0.05) is 13.8 Å². The molecular formula is C18H27N3O4S. The van der Waals surface area contributed by atoms with Crippen molar-refractivity contribution >= 4 is 15.7 Å². The largest absolute Gasteiger partial charge is 0.463 e. The lowest BCUT2D eigenvalue weighted by Crippen LogP contribution is -2.68. The fourth-order valence-electron chi connectivity index (χ4n) is 3.72. The second kappa shape index (κ2) is 7.13. The van der Waals surface area contributed by atoms with Crippen molar-refractivity contribution in [2.45, 2.75) is 44.8 Å². The van der Waals surface area contributed by atoms with E-state index < -0.39 is 14.6 Å². The van der Waals surface area contributed by atoms with Crippen LogP contribution in [0.25, 0.3) is 0 Å². The third-order valence-electron chi connectivity index (χ3n) is 5.49. The molecule has 0 aliphatic carbocycles. The number of likely N-dealkylation sites (tertiary alicyclic amines) is 1. The van der Waals surface area contributed by atoms with Gasteiger partial charge in [0, 0.05) is 37.3 Å². The van der Waals surface area contributed by atoms with Gasteiger partial charge in [-0.2, -0.15) is 0 Å². The number of nitrogens with zero attached hydrogens (tertiary/aromatic N) is 3. The Morgan fingerprint density at radius 2 is 2.15 bits per heavy atom. The molecule has 1 amide bonds. The van der Waals surface area contributed by atoms with Crippen molar-refractivity contribution < 1.29 is 17.9 Å². The van der Waals surface area contributed by atoms with Crippen LogP contribution in [0.2, 0.25) is 0 Å². The molecule has 2 aliphatic heterocycles. The molecule has 1 atom stereocenters. The lowest BCUT2D eigenvalue weighted by molar-refractivity contribution is -0.137. The van der Waals surface area contributed by atoms with Crippen molar-refractivity contribution in [2.24, 2.45) is 11.8 Å². The SMILES string of the molecule is Cc1ccnc(OC[C@H]2CCS(=O)(=O)C23CN(C(=O)CCC(C)C)C3)n1. The van der Waals surface area contributed by atoms with E-state index in [1.165, 1.54) is 0 Å². The molecule has 0 radical (unpaired) electrons. The van der Waals surface area contributed by atoms with Crippen molar-refractivity contribution in [3.63, 3.8) is 0 Å². The molecule has 144 valence electrons. The summed E-state index contributed by atoms with van der Waals surface area (Å²) < 4.78 is 30.1. The third kappa shape index (κ3) is 3.56. The number of hydrogen-bond acceptors (Lipinski definition) is 6. The summed E-state index contributed by atoms with van der Waals surface area (Å²) in [4.78, 5) is 22.2. The Kier molecular flexibility index (Phi) is 5.23. The van der Waals surface area contributed by atoms with Gasteiger partial charge in [0.25, 0.3) is 0 Å². The maximum atomic E-state index is 12.7. The molecule has 7 nitrogen and oxygen atoms in total. The predicted molar refractivity (Wildman–Crippen MR) is 97.5 cm³/mol. The van der Waals surface area contributed by atoms with Crippen LogP contribution in [-0.4, -0.2) is 59.4 Å². The normalized spacial score (nSPS) is 23.2. The summed E-state index contributed by atoms with van der Waals surface area (Å²) in [7, 11) is -3.22. The molecule has 26 heavy (non-hydrogen) atoms. The van der Waals surface area contributed by atoms with E-state index in [0.29, 0.717) is 18.8 Å². The fourth-order valence-corrected chi connectivity index (χ4v) is 6.12. The highest BCUT2D eigenvalue weighted by atomic mass is 32.2. The van der Waals surface area contributed by atoms with Gasteiger partial charge in [0.2, 0.25) is 5.91 Å². The number of amides is 1. The van der Waals surface area contributed by atoms with Gasteiger partial charge in [0.1, 0.15) is 4.75 Å². The van der Waals surface area contributed by atoms with E-state index in [1.54, 1.807) is 17.2 Å². The van der Waals surface area contributed by atoms with Crippen molar-refractivity contribution in [1.29, 1.82) is 0 Å². The molecule has 0 bridgehead atoms. The number of aromatic nitrogens is 2. The molecule has 2 fully saturated rings.